The first kappa shape index (κ1) is 19.7. The molecular formula is C25H23N5O3. The summed E-state index contributed by atoms with van der Waals surface area (Å²) < 4.78 is 5.82. The van der Waals surface area contributed by atoms with E-state index < -0.39 is 11.7 Å². The number of rotatable bonds is 2. The van der Waals surface area contributed by atoms with Crippen molar-refractivity contribution in [2.75, 3.05) is 34.8 Å². The third-order valence-electron chi connectivity index (χ3n) is 6.84. The molecule has 6 rings (SSSR count). The molecule has 166 valence electrons. The van der Waals surface area contributed by atoms with Gasteiger partial charge in [-0.05, 0) is 24.1 Å². The van der Waals surface area contributed by atoms with E-state index in [1.54, 1.807) is 11.0 Å². The maximum absolute atomic E-state index is 13.2. The third-order valence-corrected chi connectivity index (χ3v) is 6.84. The number of hydrogen-bond acceptors (Lipinski definition) is 6. The second-order valence-electron chi connectivity index (χ2n) is 8.64. The Kier molecular flexibility index (Phi) is 4.53. The van der Waals surface area contributed by atoms with Gasteiger partial charge < -0.3 is 14.5 Å². The van der Waals surface area contributed by atoms with Crippen LogP contribution in [0.3, 0.4) is 0 Å². The molecule has 2 amide bonds. The van der Waals surface area contributed by atoms with Crippen LogP contribution in [0.1, 0.15) is 34.5 Å². The summed E-state index contributed by atoms with van der Waals surface area (Å²) in [7, 11) is 0. The summed E-state index contributed by atoms with van der Waals surface area (Å²) in [4.78, 5) is 38.0. The van der Waals surface area contributed by atoms with Crippen molar-refractivity contribution in [2.24, 2.45) is 0 Å². The minimum absolute atomic E-state index is 0.113. The molecule has 3 aliphatic heterocycles. The highest BCUT2D eigenvalue weighted by Gasteiger charge is 2.44. The standard InChI is InChI=1S/C25H23N5O3/c31-23(30-12-9-17-5-1-4-8-21(17)30)20-15-22(27-16-26-20)29-13-10-25(11-14-29)18-6-2-3-7-19(18)28-24(32)33-25/h1-8,15-16H,9-14H2,(H,28,32). The maximum atomic E-state index is 13.2. The Labute approximate surface area is 191 Å². The fourth-order valence-corrected chi connectivity index (χ4v) is 5.15. The highest BCUT2D eigenvalue weighted by atomic mass is 16.6. The smallest absolute Gasteiger partial charge is 0.412 e. The molecule has 0 unspecified atom stereocenters. The van der Waals surface area contributed by atoms with Crippen molar-refractivity contribution >= 4 is 29.2 Å². The molecule has 2 aromatic carbocycles. The molecule has 0 atom stereocenters. The van der Waals surface area contributed by atoms with Crippen LogP contribution in [0.15, 0.2) is 60.9 Å². The fraction of sp³-hybridized carbons (Fsp3) is 0.280. The molecule has 1 spiro atoms. The van der Waals surface area contributed by atoms with Crippen LogP contribution in [0.4, 0.5) is 22.0 Å². The summed E-state index contributed by atoms with van der Waals surface area (Å²) in [5, 5.41) is 2.79. The van der Waals surface area contributed by atoms with Crippen LogP contribution in [0.2, 0.25) is 0 Å². The van der Waals surface area contributed by atoms with E-state index in [0.717, 1.165) is 23.4 Å². The van der Waals surface area contributed by atoms with Crippen molar-refractivity contribution in [3.8, 4) is 0 Å². The van der Waals surface area contributed by atoms with Gasteiger partial charge in [-0.15, -0.1) is 0 Å². The lowest BCUT2D eigenvalue weighted by Gasteiger charge is -2.44. The highest BCUT2D eigenvalue weighted by molar-refractivity contribution is 6.06. The highest BCUT2D eigenvalue weighted by Crippen LogP contribution is 2.43. The zero-order chi connectivity index (χ0) is 22.4. The van der Waals surface area contributed by atoms with Crippen LogP contribution in [0.25, 0.3) is 0 Å². The lowest BCUT2D eigenvalue weighted by molar-refractivity contribution is -0.00811. The zero-order valence-corrected chi connectivity index (χ0v) is 18.0. The maximum Gasteiger partial charge on any atom is 0.412 e. The van der Waals surface area contributed by atoms with Crippen molar-refractivity contribution in [3.05, 3.63) is 77.7 Å². The number of hydrogen-bond donors (Lipinski definition) is 1. The Morgan fingerprint density at radius 3 is 2.67 bits per heavy atom. The molecule has 8 heteroatoms. The summed E-state index contributed by atoms with van der Waals surface area (Å²) in [6.45, 7) is 1.96. The number of ether oxygens (including phenoxy) is 1. The number of nitrogens with one attached hydrogen (secondary N) is 1. The van der Waals surface area contributed by atoms with Gasteiger partial charge in [0.25, 0.3) is 5.91 Å². The normalized spacial score (nSPS) is 18.4. The molecule has 1 N–H and O–H groups in total. The lowest BCUT2D eigenvalue weighted by Crippen LogP contribution is -2.48. The van der Waals surface area contributed by atoms with Crippen LogP contribution in [0, 0.1) is 0 Å². The fourth-order valence-electron chi connectivity index (χ4n) is 5.15. The predicted molar refractivity (Wildman–Crippen MR) is 124 cm³/mol. The molecule has 0 radical (unpaired) electrons. The van der Waals surface area contributed by atoms with Crippen LogP contribution in [0.5, 0.6) is 0 Å². The van der Waals surface area contributed by atoms with E-state index in [-0.39, 0.29) is 5.91 Å². The number of nitrogens with zero attached hydrogens (tertiary/aromatic N) is 4. The van der Waals surface area contributed by atoms with Gasteiger partial charge >= 0.3 is 6.09 Å². The van der Waals surface area contributed by atoms with E-state index in [1.165, 1.54) is 11.9 Å². The second-order valence-corrected chi connectivity index (χ2v) is 8.64. The third kappa shape index (κ3) is 3.29. The number of fused-ring (bicyclic) bond motifs is 3. The van der Waals surface area contributed by atoms with Crippen molar-refractivity contribution in [2.45, 2.75) is 24.9 Å². The van der Waals surface area contributed by atoms with Crippen LogP contribution in [-0.4, -0.2) is 41.6 Å². The van der Waals surface area contributed by atoms with Gasteiger partial charge in [-0.2, -0.15) is 0 Å². The molecule has 1 fully saturated rings. The summed E-state index contributed by atoms with van der Waals surface area (Å²) in [6.07, 6.45) is 3.18. The molecule has 3 aliphatic rings. The van der Waals surface area contributed by atoms with Crippen LogP contribution in [-0.2, 0) is 16.8 Å². The number of anilines is 3. The quantitative estimate of drug-likeness (QED) is 0.652. The van der Waals surface area contributed by atoms with Gasteiger partial charge in [0.05, 0.1) is 5.69 Å². The van der Waals surface area contributed by atoms with Gasteiger partial charge in [0.1, 0.15) is 23.4 Å². The molecule has 4 heterocycles. The number of piperidine rings is 1. The van der Waals surface area contributed by atoms with Crippen LogP contribution >= 0.6 is 0 Å². The zero-order valence-electron chi connectivity index (χ0n) is 18.0. The van der Waals surface area contributed by atoms with Gasteiger partial charge in [-0.1, -0.05) is 36.4 Å². The van der Waals surface area contributed by atoms with E-state index in [1.807, 2.05) is 42.5 Å². The monoisotopic (exact) mass is 441 g/mol. The first-order valence-electron chi connectivity index (χ1n) is 11.2. The minimum Gasteiger partial charge on any atom is -0.438 e. The van der Waals surface area contributed by atoms with E-state index >= 15 is 0 Å². The predicted octanol–water partition coefficient (Wildman–Crippen LogP) is 3.74. The number of para-hydroxylation sites is 2. The molecule has 0 aliphatic carbocycles. The average molecular weight is 441 g/mol. The van der Waals surface area contributed by atoms with Gasteiger partial charge in [-0.3, -0.25) is 10.1 Å². The molecule has 3 aromatic rings. The van der Waals surface area contributed by atoms with Gasteiger partial charge in [-0.25, -0.2) is 14.8 Å². The summed E-state index contributed by atoms with van der Waals surface area (Å²) in [5.41, 5.74) is 3.70. The Balaban J connectivity index is 1.22. The molecule has 0 saturated carbocycles. The number of benzene rings is 2. The first-order valence-corrected chi connectivity index (χ1v) is 11.2. The van der Waals surface area contributed by atoms with E-state index in [4.69, 9.17) is 4.74 Å². The largest absolute Gasteiger partial charge is 0.438 e. The van der Waals surface area contributed by atoms with Crippen molar-refractivity contribution in [1.29, 1.82) is 0 Å². The number of carbonyl (C=O) groups is 2. The summed E-state index contributed by atoms with van der Waals surface area (Å²) in [5.74, 6) is 0.600. The summed E-state index contributed by atoms with van der Waals surface area (Å²) in [6, 6.07) is 17.5. The van der Waals surface area contributed by atoms with Crippen LogP contribution < -0.4 is 15.1 Å². The average Bonchev–Trinajstić information content (AvgIpc) is 3.28. The number of carbonyl (C=O) groups excluding carboxylic acids is 2. The van der Waals surface area contributed by atoms with E-state index in [9.17, 15) is 9.59 Å². The van der Waals surface area contributed by atoms with Crippen molar-refractivity contribution in [3.63, 3.8) is 0 Å². The van der Waals surface area contributed by atoms with E-state index in [2.05, 4.69) is 26.3 Å². The lowest BCUT2D eigenvalue weighted by atomic mass is 9.82. The SMILES string of the molecule is O=C1Nc2ccccc2C2(CCN(c3cc(C(=O)N4CCc5ccccc54)ncn3)CC2)O1. The first-order chi connectivity index (χ1) is 16.1. The molecule has 1 aromatic heterocycles. The van der Waals surface area contributed by atoms with Gasteiger partial charge in [0, 0.05) is 49.8 Å². The Bertz CT molecular complexity index is 1250. The topological polar surface area (TPSA) is 87.7 Å². The number of aromatic nitrogens is 2. The van der Waals surface area contributed by atoms with Gasteiger partial charge in [0.2, 0.25) is 0 Å². The Morgan fingerprint density at radius 2 is 1.79 bits per heavy atom. The Morgan fingerprint density at radius 1 is 1.00 bits per heavy atom. The molecule has 1 saturated heterocycles. The molecule has 8 nitrogen and oxygen atoms in total. The molecule has 0 bridgehead atoms. The summed E-state index contributed by atoms with van der Waals surface area (Å²) >= 11 is 0. The number of amides is 2. The second kappa shape index (κ2) is 7.58. The molecular weight excluding hydrogens is 418 g/mol. The van der Waals surface area contributed by atoms with Gasteiger partial charge in [0.15, 0.2) is 0 Å². The Hall–Kier alpha value is -3.94. The molecule has 33 heavy (non-hydrogen) atoms. The minimum atomic E-state index is -0.639. The van der Waals surface area contributed by atoms with E-state index in [0.29, 0.717) is 44.0 Å². The van der Waals surface area contributed by atoms with Crippen molar-refractivity contribution in [1.82, 2.24) is 9.97 Å². The van der Waals surface area contributed by atoms with Crippen molar-refractivity contribution < 1.29 is 14.3 Å².